The Morgan fingerprint density at radius 3 is 2.27 bits per heavy atom. The molecule has 132 valence electrons. The summed E-state index contributed by atoms with van der Waals surface area (Å²) in [5.74, 6) is 0.828. The predicted octanol–water partition coefficient (Wildman–Crippen LogP) is 5.53. The first-order valence-electron chi connectivity index (χ1n) is 8.08. The molecule has 0 aliphatic carbocycles. The summed E-state index contributed by atoms with van der Waals surface area (Å²) in [5.41, 5.74) is 2.13. The number of hydrogen-bond acceptors (Lipinski definition) is 3. The fourth-order valence-corrected chi connectivity index (χ4v) is 2.59. The van der Waals surface area contributed by atoms with Crippen LogP contribution in [-0.2, 0) is 11.3 Å². The Balaban J connectivity index is 1.77. The van der Waals surface area contributed by atoms with E-state index in [4.69, 9.17) is 21.1 Å². The first kappa shape index (κ1) is 18.0. The number of rotatable bonds is 6. The van der Waals surface area contributed by atoms with Crippen molar-refractivity contribution in [2.45, 2.75) is 6.61 Å². The lowest BCUT2D eigenvalue weighted by Gasteiger charge is -2.13. The Kier molecular flexibility index (Phi) is 5.89. The molecule has 3 aromatic rings. The van der Waals surface area contributed by atoms with Gasteiger partial charge in [0.1, 0.15) is 5.75 Å². The van der Waals surface area contributed by atoms with E-state index in [0.29, 0.717) is 34.4 Å². The molecule has 0 heterocycles. The topological polar surface area (TPSA) is 47.6 Å². The number of hydrogen-bond donors (Lipinski definition) is 1. The summed E-state index contributed by atoms with van der Waals surface area (Å²) in [6.07, 6.45) is 0. The Bertz CT molecular complexity index is 894. The molecule has 5 heteroatoms. The van der Waals surface area contributed by atoms with Crippen LogP contribution in [0.25, 0.3) is 0 Å². The summed E-state index contributed by atoms with van der Waals surface area (Å²) in [6.45, 7) is 0.510. The van der Waals surface area contributed by atoms with Gasteiger partial charge in [0.15, 0.2) is 5.75 Å². The van der Waals surface area contributed by atoms with E-state index >= 15 is 0 Å². The summed E-state index contributed by atoms with van der Waals surface area (Å²) in [6, 6.07) is 21.7. The Morgan fingerprint density at radius 1 is 0.923 bits per heavy atom. The average molecular weight is 368 g/mol. The highest BCUT2D eigenvalue weighted by atomic mass is 35.5. The molecule has 0 aromatic heterocycles. The molecule has 3 aromatic carbocycles. The zero-order valence-electron chi connectivity index (χ0n) is 14.2. The van der Waals surface area contributed by atoms with E-state index < -0.39 is 0 Å². The molecule has 4 nitrogen and oxygen atoms in total. The number of carbonyl (C=O) groups is 1. The third-order valence-corrected chi connectivity index (χ3v) is 4.03. The van der Waals surface area contributed by atoms with Crippen LogP contribution in [0.1, 0.15) is 15.9 Å². The van der Waals surface area contributed by atoms with Crippen LogP contribution in [0, 0.1) is 0 Å². The molecule has 0 aliphatic heterocycles. The molecule has 1 amide bonds. The number of amides is 1. The molecule has 0 atom stereocenters. The molecule has 0 spiro atoms. The van der Waals surface area contributed by atoms with Crippen LogP contribution in [0.15, 0.2) is 72.8 Å². The number of benzene rings is 3. The first-order valence-corrected chi connectivity index (χ1v) is 8.46. The lowest BCUT2D eigenvalue weighted by molar-refractivity contribution is 0.102. The molecular weight excluding hydrogens is 350 g/mol. The maximum Gasteiger partial charge on any atom is 0.255 e. The number of halogens is 1. The maximum absolute atomic E-state index is 12.5. The minimum absolute atomic E-state index is 0.218. The highest BCUT2D eigenvalue weighted by Crippen LogP contribution is 2.33. The van der Waals surface area contributed by atoms with Gasteiger partial charge in [0.25, 0.3) is 5.91 Å². The summed E-state index contributed by atoms with van der Waals surface area (Å²) in [7, 11) is 1.64. The molecule has 0 saturated carbocycles. The molecule has 0 unspecified atom stereocenters. The van der Waals surface area contributed by atoms with Gasteiger partial charge in [-0.3, -0.25) is 4.79 Å². The van der Waals surface area contributed by atoms with Gasteiger partial charge < -0.3 is 14.8 Å². The highest BCUT2D eigenvalue weighted by molar-refractivity contribution is 6.32. The van der Waals surface area contributed by atoms with Crippen LogP contribution in [0.3, 0.4) is 0 Å². The second-order valence-electron chi connectivity index (χ2n) is 5.61. The molecule has 0 fully saturated rings. The standard InChI is InChI=1S/C21H18ClNO3/c1-25-14-15-10-12-16(13-11-15)21(24)23-18-7-3-5-9-20(18)26-19-8-4-2-6-17(19)22/h2-13H,14H2,1H3,(H,23,24). The van der Waals surface area contributed by atoms with Crippen LogP contribution >= 0.6 is 11.6 Å². The fraction of sp³-hybridized carbons (Fsp3) is 0.0952. The Hall–Kier alpha value is -2.82. The summed E-state index contributed by atoms with van der Waals surface area (Å²) < 4.78 is 10.9. The Morgan fingerprint density at radius 2 is 1.58 bits per heavy atom. The van der Waals surface area contributed by atoms with Crippen molar-refractivity contribution in [2.75, 3.05) is 12.4 Å². The van der Waals surface area contributed by atoms with Crippen LogP contribution in [-0.4, -0.2) is 13.0 Å². The van der Waals surface area contributed by atoms with E-state index in [0.717, 1.165) is 5.56 Å². The van der Waals surface area contributed by atoms with Crippen LogP contribution in [0.4, 0.5) is 5.69 Å². The van der Waals surface area contributed by atoms with Crippen LogP contribution in [0.5, 0.6) is 11.5 Å². The average Bonchev–Trinajstić information content (AvgIpc) is 2.66. The van der Waals surface area contributed by atoms with Gasteiger partial charge in [-0.1, -0.05) is 48.0 Å². The lowest BCUT2D eigenvalue weighted by Crippen LogP contribution is -2.12. The monoisotopic (exact) mass is 367 g/mol. The Labute approximate surface area is 157 Å². The van der Waals surface area contributed by atoms with Gasteiger partial charge >= 0.3 is 0 Å². The third-order valence-electron chi connectivity index (χ3n) is 3.72. The number of anilines is 1. The number of nitrogens with one attached hydrogen (secondary N) is 1. The second-order valence-corrected chi connectivity index (χ2v) is 6.02. The van der Waals surface area contributed by atoms with Crippen molar-refractivity contribution in [3.63, 3.8) is 0 Å². The van der Waals surface area contributed by atoms with E-state index in [1.807, 2.05) is 36.4 Å². The van der Waals surface area contributed by atoms with Crippen molar-refractivity contribution < 1.29 is 14.3 Å². The van der Waals surface area contributed by atoms with Crippen LogP contribution < -0.4 is 10.1 Å². The lowest BCUT2D eigenvalue weighted by atomic mass is 10.1. The molecule has 0 radical (unpaired) electrons. The third kappa shape index (κ3) is 4.42. The van der Waals surface area contributed by atoms with Crippen molar-refractivity contribution in [1.82, 2.24) is 0 Å². The van der Waals surface area contributed by atoms with Gasteiger partial charge in [0.2, 0.25) is 0 Å². The van der Waals surface area contributed by atoms with Crippen molar-refractivity contribution in [1.29, 1.82) is 0 Å². The zero-order chi connectivity index (χ0) is 18.4. The van der Waals surface area contributed by atoms with Crippen molar-refractivity contribution in [2.24, 2.45) is 0 Å². The summed E-state index contributed by atoms with van der Waals surface area (Å²) in [4.78, 5) is 12.5. The second kappa shape index (κ2) is 8.52. The van der Waals surface area contributed by atoms with E-state index in [-0.39, 0.29) is 5.91 Å². The predicted molar refractivity (Wildman–Crippen MR) is 103 cm³/mol. The van der Waals surface area contributed by atoms with Gasteiger partial charge in [-0.25, -0.2) is 0 Å². The smallest absolute Gasteiger partial charge is 0.255 e. The minimum Gasteiger partial charge on any atom is -0.454 e. The van der Waals surface area contributed by atoms with Gasteiger partial charge in [-0.15, -0.1) is 0 Å². The van der Waals surface area contributed by atoms with E-state index in [9.17, 15) is 4.79 Å². The summed E-state index contributed by atoms with van der Waals surface area (Å²) >= 11 is 6.15. The first-order chi connectivity index (χ1) is 12.7. The zero-order valence-corrected chi connectivity index (χ0v) is 15.0. The fourth-order valence-electron chi connectivity index (χ4n) is 2.42. The molecule has 26 heavy (non-hydrogen) atoms. The molecule has 0 saturated heterocycles. The number of methoxy groups -OCH3 is 1. The molecule has 1 N–H and O–H groups in total. The van der Waals surface area contributed by atoms with Crippen molar-refractivity contribution in [3.8, 4) is 11.5 Å². The van der Waals surface area contributed by atoms with Gasteiger partial charge in [-0.2, -0.15) is 0 Å². The summed E-state index contributed by atoms with van der Waals surface area (Å²) in [5, 5.41) is 3.38. The van der Waals surface area contributed by atoms with E-state index in [2.05, 4.69) is 5.32 Å². The quantitative estimate of drug-likeness (QED) is 0.623. The molecule has 3 rings (SSSR count). The maximum atomic E-state index is 12.5. The van der Waals surface area contributed by atoms with Gasteiger partial charge in [-0.05, 0) is 42.0 Å². The largest absolute Gasteiger partial charge is 0.454 e. The SMILES string of the molecule is COCc1ccc(C(=O)Nc2ccccc2Oc2ccccc2Cl)cc1. The van der Waals surface area contributed by atoms with Crippen LogP contribution in [0.2, 0.25) is 5.02 Å². The molecule has 0 bridgehead atoms. The highest BCUT2D eigenvalue weighted by Gasteiger charge is 2.11. The van der Waals surface area contributed by atoms with Gasteiger partial charge in [0.05, 0.1) is 17.3 Å². The normalized spacial score (nSPS) is 10.4. The van der Waals surface area contributed by atoms with Crippen molar-refractivity contribution in [3.05, 3.63) is 88.9 Å². The van der Waals surface area contributed by atoms with E-state index in [1.54, 1.807) is 43.5 Å². The van der Waals surface area contributed by atoms with Crippen molar-refractivity contribution >= 4 is 23.2 Å². The van der Waals surface area contributed by atoms with E-state index in [1.165, 1.54) is 0 Å². The molecule has 0 aliphatic rings. The van der Waals surface area contributed by atoms with Gasteiger partial charge in [0, 0.05) is 12.7 Å². The molecular formula is C21H18ClNO3. The number of para-hydroxylation sites is 3. The number of carbonyl (C=O) groups excluding carboxylic acids is 1. The number of ether oxygens (including phenoxy) is 2. The minimum atomic E-state index is -0.218.